The van der Waals surface area contributed by atoms with E-state index in [-0.39, 0.29) is 0 Å². The van der Waals surface area contributed by atoms with Crippen LogP contribution in [0.1, 0.15) is 18.4 Å². The third kappa shape index (κ3) is 2.90. The summed E-state index contributed by atoms with van der Waals surface area (Å²) in [6.07, 6.45) is 5.55. The van der Waals surface area contributed by atoms with Gasteiger partial charge in [-0.15, -0.1) is 11.3 Å². The SMILES string of the molecule is N#Cc1c(N)cc(-c2nccs2)nc1-c1cc(N2CCCC2)ncn1. The maximum atomic E-state index is 9.53. The Bertz CT molecular complexity index is 940. The monoisotopic (exact) mass is 349 g/mol. The van der Waals surface area contributed by atoms with Crippen LogP contribution in [-0.2, 0) is 0 Å². The Hall–Kier alpha value is -3.05. The fourth-order valence-electron chi connectivity index (χ4n) is 2.92. The number of rotatable bonds is 3. The number of pyridine rings is 1. The maximum absolute atomic E-state index is 9.53. The van der Waals surface area contributed by atoms with E-state index in [1.165, 1.54) is 17.7 Å². The van der Waals surface area contributed by atoms with Crippen molar-refractivity contribution >= 4 is 22.8 Å². The molecule has 1 aliphatic heterocycles. The molecule has 4 heterocycles. The highest BCUT2D eigenvalue weighted by molar-refractivity contribution is 7.13. The molecule has 0 atom stereocenters. The van der Waals surface area contributed by atoms with Crippen molar-refractivity contribution in [2.24, 2.45) is 0 Å². The molecule has 7 nitrogen and oxygen atoms in total. The number of aromatic nitrogens is 4. The van der Waals surface area contributed by atoms with E-state index in [1.54, 1.807) is 12.3 Å². The smallest absolute Gasteiger partial charge is 0.141 e. The molecule has 0 aliphatic carbocycles. The van der Waals surface area contributed by atoms with Gasteiger partial charge in [0.2, 0.25) is 0 Å². The zero-order valence-electron chi connectivity index (χ0n) is 13.4. The lowest BCUT2D eigenvalue weighted by atomic mass is 10.1. The Kier molecular flexibility index (Phi) is 3.99. The van der Waals surface area contributed by atoms with Crippen LogP contribution in [0.5, 0.6) is 0 Å². The summed E-state index contributed by atoms with van der Waals surface area (Å²) < 4.78 is 0. The zero-order chi connectivity index (χ0) is 17.2. The van der Waals surface area contributed by atoms with Crippen molar-refractivity contribution in [1.82, 2.24) is 19.9 Å². The minimum Gasteiger partial charge on any atom is -0.398 e. The Balaban J connectivity index is 1.84. The summed E-state index contributed by atoms with van der Waals surface area (Å²) in [6, 6.07) is 5.70. The minimum atomic E-state index is 0.325. The van der Waals surface area contributed by atoms with E-state index in [0.29, 0.717) is 28.3 Å². The van der Waals surface area contributed by atoms with Crippen LogP contribution in [0.3, 0.4) is 0 Å². The highest BCUT2D eigenvalue weighted by atomic mass is 32.1. The molecule has 3 aromatic heterocycles. The van der Waals surface area contributed by atoms with E-state index in [9.17, 15) is 5.26 Å². The Morgan fingerprint density at radius 1 is 1.12 bits per heavy atom. The van der Waals surface area contributed by atoms with Gasteiger partial charge in [-0.2, -0.15) is 5.26 Å². The quantitative estimate of drug-likeness (QED) is 0.775. The number of hydrogen-bond acceptors (Lipinski definition) is 8. The van der Waals surface area contributed by atoms with Crippen LogP contribution in [0, 0.1) is 11.3 Å². The zero-order valence-corrected chi connectivity index (χ0v) is 14.2. The van der Waals surface area contributed by atoms with Gasteiger partial charge in [0.25, 0.3) is 0 Å². The van der Waals surface area contributed by atoms with Gasteiger partial charge >= 0.3 is 0 Å². The van der Waals surface area contributed by atoms with Crippen molar-refractivity contribution in [3.05, 3.63) is 35.6 Å². The normalized spacial score (nSPS) is 13.8. The van der Waals surface area contributed by atoms with Gasteiger partial charge in [-0.1, -0.05) is 0 Å². The van der Waals surface area contributed by atoms with Crippen molar-refractivity contribution < 1.29 is 0 Å². The number of nitrogens with zero attached hydrogens (tertiary/aromatic N) is 6. The van der Waals surface area contributed by atoms with Gasteiger partial charge in [0, 0.05) is 30.7 Å². The van der Waals surface area contributed by atoms with Crippen LogP contribution >= 0.6 is 11.3 Å². The van der Waals surface area contributed by atoms with E-state index in [0.717, 1.165) is 36.8 Å². The second-order valence-electron chi connectivity index (χ2n) is 5.72. The van der Waals surface area contributed by atoms with Crippen molar-refractivity contribution in [1.29, 1.82) is 5.26 Å². The number of hydrogen-bond donors (Lipinski definition) is 1. The topological polar surface area (TPSA) is 105 Å². The molecule has 0 unspecified atom stereocenters. The number of nitriles is 1. The van der Waals surface area contributed by atoms with E-state index < -0.39 is 0 Å². The number of thiazole rings is 1. The van der Waals surface area contributed by atoms with Crippen LogP contribution in [0.15, 0.2) is 30.0 Å². The summed E-state index contributed by atoms with van der Waals surface area (Å²) in [4.78, 5) is 19.8. The molecule has 124 valence electrons. The fourth-order valence-corrected chi connectivity index (χ4v) is 3.52. The van der Waals surface area contributed by atoms with Gasteiger partial charge in [-0.25, -0.2) is 19.9 Å². The first-order valence-corrected chi connectivity index (χ1v) is 8.82. The Labute approximate surface area is 148 Å². The van der Waals surface area contributed by atoms with Crippen LogP contribution < -0.4 is 10.6 Å². The van der Waals surface area contributed by atoms with E-state index in [4.69, 9.17) is 5.73 Å². The van der Waals surface area contributed by atoms with Gasteiger partial charge in [-0.3, -0.25) is 0 Å². The summed E-state index contributed by atoms with van der Waals surface area (Å²) in [7, 11) is 0. The first kappa shape index (κ1) is 15.5. The second-order valence-corrected chi connectivity index (χ2v) is 6.62. The fraction of sp³-hybridized carbons (Fsp3) is 0.235. The largest absolute Gasteiger partial charge is 0.398 e. The number of nitrogen functional groups attached to an aromatic ring is 1. The third-order valence-corrected chi connectivity index (χ3v) is 4.93. The minimum absolute atomic E-state index is 0.325. The molecular formula is C17H15N7S. The van der Waals surface area contributed by atoms with Crippen LogP contribution in [-0.4, -0.2) is 33.0 Å². The van der Waals surface area contributed by atoms with Gasteiger partial charge in [-0.05, 0) is 18.9 Å². The molecule has 1 saturated heterocycles. The third-order valence-electron chi connectivity index (χ3n) is 4.14. The molecule has 4 rings (SSSR count). The lowest BCUT2D eigenvalue weighted by molar-refractivity contribution is 0.927. The molecular weight excluding hydrogens is 334 g/mol. The van der Waals surface area contributed by atoms with Gasteiger partial charge < -0.3 is 10.6 Å². The molecule has 3 aromatic rings. The second kappa shape index (κ2) is 6.45. The predicted molar refractivity (Wildman–Crippen MR) is 96.9 cm³/mol. The molecule has 25 heavy (non-hydrogen) atoms. The molecule has 0 bridgehead atoms. The molecule has 0 aromatic carbocycles. The van der Waals surface area contributed by atoms with Crippen molar-refractivity contribution in [2.75, 3.05) is 23.7 Å². The summed E-state index contributed by atoms with van der Waals surface area (Å²) in [6.45, 7) is 1.96. The highest BCUT2D eigenvalue weighted by Gasteiger charge is 2.19. The van der Waals surface area contributed by atoms with Crippen LogP contribution in [0.25, 0.3) is 22.1 Å². The summed E-state index contributed by atoms with van der Waals surface area (Å²) in [5, 5.41) is 12.2. The van der Waals surface area contributed by atoms with Gasteiger partial charge in [0.15, 0.2) is 0 Å². The number of nitrogens with two attached hydrogens (primary N) is 1. The Morgan fingerprint density at radius 3 is 2.68 bits per heavy atom. The van der Waals surface area contributed by atoms with E-state index >= 15 is 0 Å². The molecule has 8 heteroatoms. The molecule has 1 aliphatic rings. The molecule has 2 N–H and O–H groups in total. The standard InChI is InChI=1S/C17H15N7S/c18-9-11-12(19)7-14(17-20-3-6-25-17)23-16(11)13-8-15(22-10-21-13)24-4-1-2-5-24/h3,6-8,10H,1-2,4-5H2,(H2,19,23). The number of anilines is 2. The molecule has 0 spiro atoms. The van der Waals surface area contributed by atoms with E-state index in [2.05, 4.69) is 30.9 Å². The average molecular weight is 349 g/mol. The maximum Gasteiger partial charge on any atom is 0.141 e. The Morgan fingerprint density at radius 2 is 1.96 bits per heavy atom. The lowest BCUT2D eigenvalue weighted by Gasteiger charge is -2.16. The molecule has 0 radical (unpaired) electrons. The van der Waals surface area contributed by atoms with Crippen LogP contribution in [0.2, 0.25) is 0 Å². The lowest BCUT2D eigenvalue weighted by Crippen LogP contribution is -2.19. The highest BCUT2D eigenvalue weighted by Crippen LogP contribution is 2.31. The van der Waals surface area contributed by atoms with E-state index in [1.807, 2.05) is 11.4 Å². The summed E-state index contributed by atoms with van der Waals surface area (Å²) in [5.41, 5.74) is 8.50. The van der Waals surface area contributed by atoms with Gasteiger partial charge in [0.1, 0.15) is 40.2 Å². The summed E-state index contributed by atoms with van der Waals surface area (Å²) >= 11 is 1.47. The van der Waals surface area contributed by atoms with Crippen molar-refractivity contribution in [2.45, 2.75) is 12.8 Å². The van der Waals surface area contributed by atoms with Crippen LogP contribution in [0.4, 0.5) is 11.5 Å². The molecule has 1 fully saturated rings. The summed E-state index contributed by atoms with van der Waals surface area (Å²) in [5.74, 6) is 0.853. The van der Waals surface area contributed by atoms with Crippen molar-refractivity contribution in [3.63, 3.8) is 0 Å². The first-order valence-electron chi connectivity index (χ1n) is 7.94. The first-order chi connectivity index (χ1) is 12.3. The molecule has 0 saturated carbocycles. The van der Waals surface area contributed by atoms with Gasteiger partial charge in [0.05, 0.1) is 11.4 Å². The predicted octanol–water partition coefficient (Wildman–Crippen LogP) is 2.72. The molecule has 0 amide bonds. The average Bonchev–Trinajstić information content (AvgIpc) is 3.35. The van der Waals surface area contributed by atoms with Crippen molar-refractivity contribution in [3.8, 4) is 28.2 Å².